The molecule has 1 aromatic carbocycles. The smallest absolute Gasteiger partial charge is 0.339 e. The summed E-state index contributed by atoms with van der Waals surface area (Å²) in [5.41, 5.74) is 3.21. The van der Waals surface area contributed by atoms with Crippen LogP contribution in [0.4, 0.5) is 0 Å². The van der Waals surface area contributed by atoms with E-state index in [1.165, 1.54) is 0 Å². The molecule has 1 aliphatic rings. The number of hydrogen-bond donors (Lipinski definition) is 1. The van der Waals surface area contributed by atoms with Crippen LogP contribution in [-0.2, 0) is 12.8 Å². The first kappa shape index (κ1) is 14.9. The van der Waals surface area contributed by atoms with Crippen molar-refractivity contribution in [2.75, 3.05) is 0 Å². The summed E-state index contributed by atoms with van der Waals surface area (Å²) >= 11 is 0. The van der Waals surface area contributed by atoms with E-state index >= 15 is 0 Å². The van der Waals surface area contributed by atoms with Crippen molar-refractivity contribution < 1.29 is 9.15 Å². The van der Waals surface area contributed by atoms with Crippen LogP contribution in [0, 0.1) is 13.8 Å². The molecule has 4 rings (SSSR count). The lowest BCUT2D eigenvalue weighted by atomic mass is 10.0. The predicted octanol–water partition coefficient (Wildman–Crippen LogP) is 3.16. The number of ether oxygens (including phenoxy) is 1. The summed E-state index contributed by atoms with van der Waals surface area (Å²) in [7, 11) is 0. The Morgan fingerprint density at radius 3 is 2.79 bits per heavy atom. The summed E-state index contributed by atoms with van der Waals surface area (Å²) in [5.74, 6) is 2.03. The van der Waals surface area contributed by atoms with Crippen LogP contribution in [-0.4, -0.2) is 15.2 Å². The van der Waals surface area contributed by atoms with Crippen LogP contribution in [0.5, 0.6) is 5.75 Å². The van der Waals surface area contributed by atoms with E-state index in [2.05, 4.69) is 15.2 Å². The molecule has 6 heteroatoms. The van der Waals surface area contributed by atoms with Crippen molar-refractivity contribution >= 4 is 11.0 Å². The van der Waals surface area contributed by atoms with Crippen molar-refractivity contribution in [3.63, 3.8) is 0 Å². The van der Waals surface area contributed by atoms with E-state index in [1.54, 1.807) is 0 Å². The van der Waals surface area contributed by atoms with Crippen LogP contribution >= 0.6 is 0 Å². The van der Waals surface area contributed by atoms with Gasteiger partial charge in [0.1, 0.15) is 17.2 Å². The van der Waals surface area contributed by atoms with Crippen molar-refractivity contribution in [3.05, 3.63) is 50.9 Å². The molecule has 0 fully saturated rings. The third kappa shape index (κ3) is 2.29. The Morgan fingerprint density at radius 2 is 2.04 bits per heavy atom. The van der Waals surface area contributed by atoms with E-state index in [0.717, 1.165) is 47.2 Å². The number of aryl methyl sites for hydroxylation is 3. The SMILES string of the molecule is Cc1nc([C@@H](C)Oc2ccc3c4c(c(=O)oc3c2C)CCC4)n[nH]1. The fourth-order valence-electron chi connectivity index (χ4n) is 3.38. The maximum Gasteiger partial charge on any atom is 0.339 e. The van der Waals surface area contributed by atoms with Gasteiger partial charge in [0.2, 0.25) is 0 Å². The number of benzene rings is 1. The number of hydrogen-bond acceptors (Lipinski definition) is 5. The van der Waals surface area contributed by atoms with Gasteiger partial charge in [0, 0.05) is 16.5 Å². The topological polar surface area (TPSA) is 81.0 Å². The van der Waals surface area contributed by atoms with Crippen molar-refractivity contribution in [1.29, 1.82) is 0 Å². The lowest BCUT2D eigenvalue weighted by molar-refractivity contribution is 0.215. The Labute approximate surface area is 138 Å². The molecule has 1 aliphatic carbocycles. The van der Waals surface area contributed by atoms with Gasteiger partial charge < -0.3 is 9.15 Å². The molecule has 0 amide bonds. The second kappa shape index (κ2) is 5.47. The molecule has 1 N–H and O–H groups in total. The van der Waals surface area contributed by atoms with Gasteiger partial charge in [-0.3, -0.25) is 5.10 Å². The third-order valence-electron chi connectivity index (χ3n) is 4.62. The minimum Gasteiger partial charge on any atom is -0.482 e. The highest BCUT2D eigenvalue weighted by Gasteiger charge is 2.22. The average molecular weight is 325 g/mol. The lowest BCUT2D eigenvalue weighted by Crippen LogP contribution is -2.09. The Morgan fingerprint density at radius 1 is 1.25 bits per heavy atom. The monoisotopic (exact) mass is 325 g/mol. The molecule has 0 spiro atoms. The first-order valence-electron chi connectivity index (χ1n) is 8.18. The van der Waals surface area contributed by atoms with Gasteiger partial charge in [-0.2, -0.15) is 5.10 Å². The molecule has 24 heavy (non-hydrogen) atoms. The number of aromatic amines is 1. The molecule has 2 aromatic heterocycles. The fraction of sp³-hybridized carbons (Fsp3) is 0.389. The van der Waals surface area contributed by atoms with E-state index in [4.69, 9.17) is 9.15 Å². The molecule has 2 heterocycles. The zero-order valence-corrected chi connectivity index (χ0v) is 14.0. The van der Waals surface area contributed by atoms with Gasteiger partial charge in [-0.05, 0) is 57.7 Å². The van der Waals surface area contributed by atoms with Crippen molar-refractivity contribution in [1.82, 2.24) is 15.2 Å². The minimum atomic E-state index is -0.299. The lowest BCUT2D eigenvalue weighted by Gasteiger charge is -2.15. The minimum absolute atomic E-state index is 0.215. The maximum atomic E-state index is 12.2. The molecule has 0 unspecified atom stereocenters. The molecule has 1 atom stereocenters. The predicted molar refractivity (Wildman–Crippen MR) is 89.4 cm³/mol. The summed E-state index contributed by atoms with van der Waals surface area (Å²) in [6.07, 6.45) is 2.46. The van der Waals surface area contributed by atoms with Gasteiger partial charge in [0.05, 0.1) is 0 Å². The summed E-state index contributed by atoms with van der Waals surface area (Å²) < 4.78 is 11.6. The number of fused-ring (bicyclic) bond motifs is 3. The van der Waals surface area contributed by atoms with E-state index in [1.807, 2.05) is 32.9 Å². The quantitative estimate of drug-likeness (QED) is 0.748. The van der Waals surface area contributed by atoms with Gasteiger partial charge >= 0.3 is 5.63 Å². The summed E-state index contributed by atoms with van der Waals surface area (Å²) in [5, 5.41) is 7.97. The molecule has 0 radical (unpaired) electrons. The van der Waals surface area contributed by atoms with Crippen LogP contribution in [0.2, 0.25) is 0 Å². The van der Waals surface area contributed by atoms with Crippen LogP contribution in [0.25, 0.3) is 11.0 Å². The van der Waals surface area contributed by atoms with Gasteiger partial charge in [-0.1, -0.05) is 0 Å². The number of aromatic nitrogens is 3. The molecule has 0 bridgehead atoms. The van der Waals surface area contributed by atoms with Crippen molar-refractivity contribution in [2.24, 2.45) is 0 Å². The summed E-state index contributed by atoms with van der Waals surface area (Å²) in [4.78, 5) is 16.5. The van der Waals surface area contributed by atoms with Crippen LogP contribution in [0.15, 0.2) is 21.3 Å². The normalized spacial score (nSPS) is 14.8. The Balaban J connectivity index is 1.76. The highest BCUT2D eigenvalue weighted by Crippen LogP contribution is 2.34. The van der Waals surface area contributed by atoms with Crippen LogP contribution in [0.1, 0.15) is 47.8 Å². The number of H-pyrrole nitrogens is 1. The second-order valence-corrected chi connectivity index (χ2v) is 6.30. The number of nitrogens with zero attached hydrogens (tertiary/aromatic N) is 2. The molecule has 3 aromatic rings. The first-order chi connectivity index (χ1) is 11.5. The maximum absolute atomic E-state index is 12.2. The molecule has 0 saturated heterocycles. The number of nitrogens with one attached hydrogen (secondary N) is 1. The van der Waals surface area contributed by atoms with Gasteiger partial charge in [-0.25, -0.2) is 9.78 Å². The second-order valence-electron chi connectivity index (χ2n) is 6.30. The van der Waals surface area contributed by atoms with Gasteiger partial charge in [0.25, 0.3) is 0 Å². The Bertz CT molecular complexity index is 987. The van der Waals surface area contributed by atoms with Crippen LogP contribution in [0.3, 0.4) is 0 Å². The zero-order valence-electron chi connectivity index (χ0n) is 14.0. The first-order valence-corrected chi connectivity index (χ1v) is 8.18. The molecular weight excluding hydrogens is 306 g/mol. The van der Waals surface area contributed by atoms with E-state index in [-0.39, 0.29) is 11.7 Å². The van der Waals surface area contributed by atoms with Crippen molar-refractivity contribution in [3.8, 4) is 5.75 Å². The Hall–Kier alpha value is -2.63. The van der Waals surface area contributed by atoms with E-state index in [0.29, 0.717) is 17.2 Å². The van der Waals surface area contributed by atoms with E-state index < -0.39 is 0 Å². The summed E-state index contributed by atoms with van der Waals surface area (Å²) in [6.45, 7) is 5.66. The summed E-state index contributed by atoms with van der Waals surface area (Å²) in [6, 6.07) is 3.92. The van der Waals surface area contributed by atoms with Gasteiger partial charge in [0.15, 0.2) is 11.9 Å². The molecule has 124 valence electrons. The zero-order chi connectivity index (χ0) is 16.8. The van der Waals surface area contributed by atoms with Gasteiger partial charge in [-0.15, -0.1) is 0 Å². The molecular formula is C18H19N3O3. The largest absolute Gasteiger partial charge is 0.482 e. The van der Waals surface area contributed by atoms with Crippen LogP contribution < -0.4 is 10.4 Å². The molecule has 6 nitrogen and oxygen atoms in total. The fourth-order valence-corrected chi connectivity index (χ4v) is 3.38. The van der Waals surface area contributed by atoms with Crippen molar-refractivity contribution in [2.45, 2.75) is 46.1 Å². The third-order valence-corrected chi connectivity index (χ3v) is 4.62. The highest BCUT2D eigenvalue weighted by atomic mass is 16.5. The number of rotatable bonds is 3. The standard InChI is InChI=1S/C18H19N3O3/c1-9-15(23-10(2)17-19-11(3)20-21-17)8-7-13-12-5-4-6-14(12)18(22)24-16(9)13/h7-8,10H,4-6H2,1-3H3,(H,19,20,21)/t10-/m1/s1. The highest BCUT2D eigenvalue weighted by molar-refractivity contribution is 5.86. The average Bonchev–Trinajstić information content (AvgIpc) is 3.20. The Kier molecular flexibility index (Phi) is 3.40. The van der Waals surface area contributed by atoms with E-state index in [9.17, 15) is 4.79 Å². The molecule has 0 aliphatic heterocycles. The molecule has 0 saturated carbocycles.